The second-order valence-electron chi connectivity index (χ2n) is 20.5. The van der Waals surface area contributed by atoms with E-state index in [0.717, 1.165) is 44.2 Å². The Morgan fingerprint density at radius 1 is 0.430 bits per heavy atom. The molecule has 79 heavy (non-hydrogen) atoms. The number of rotatable bonds is 41. The van der Waals surface area contributed by atoms with E-state index in [1.165, 1.54) is 13.8 Å². The molecule has 0 heterocycles. The first kappa shape index (κ1) is 72.5. The van der Waals surface area contributed by atoms with Gasteiger partial charge in [0.2, 0.25) is 19.5 Å². The molecule has 0 fully saturated rings. The first-order valence-electron chi connectivity index (χ1n) is 26.3. The predicted octanol–water partition coefficient (Wildman–Crippen LogP) is 5.40. The third-order valence-corrected chi connectivity index (χ3v) is 20.7. The van der Waals surface area contributed by atoms with Gasteiger partial charge in [0.15, 0.2) is 21.5 Å². The molecule has 0 saturated carbocycles. The van der Waals surface area contributed by atoms with Gasteiger partial charge in [0.1, 0.15) is 0 Å². The Morgan fingerprint density at radius 2 is 0.848 bits per heavy atom. The number of unbranched alkanes of at least 4 members (excludes halogenated alkanes) is 5. The zero-order chi connectivity index (χ0) is 59.9. The van der Waals surface area contributed by atoms with Crippen molar-refractivity contribution in [1.82, 2.24) is 42.5 Å². The van der Waals surface area contributed by atoms with Crippen molar-refractivity contribution < 1.29 is 90.3 Å². The fourth-order valence-electron chi connectivity index (χ4n) is 6.88. The molecule has 452 valence electrons. The normalized spacial score (nSPS) is 11.3. The van der Waals surface area contributed by atoms with Gasteiger partial charge in [-0.1, -0.05) is 59.0 Å². The van der Waals surface area contributed by atoms with Gasteiger partial charge in [0, 0.05) is 43.9 Å². The van der Waals surface area contributed by atoms with Crippen LogP contribution in [0.15, 0.2) is 24.3 Å². The fourth-order valence-corrected chi connectivity index (χ4v) is 13.2. The van der Waals surface area contributed by atoms with Gasteiger partial charge < -0.3 is 84.9 Å². The molecule has 0 unspecified atom stereocenters. The number of ether oxygens (including phenoxy) is 8. The van der Waals surface area contributed by atoms with Crippen molar-refractivity contribution in [1.29, 1.82) is 0 Å². The van der Waals surface area contributed by atoms with Crippen LogP contribution in [0.3, 0.4) is 0 Å². The number of amides is 8. The van der Waals surface area contributed by atoms with Gasteiger partial charge in [-0.2, -0.15) is 0 Å². The van der Waals surface area contributed by atoms with Gasteiger partial charge in [-0.15, -0.1) is 0 Å². The number of esters is 2. The summed E-state index contributed by atoms with van der Waals surface area (Å²) in [5.74, 6) is -3.02. The van der Waals surface area contributed by atoms with Crippen LogP contribution in [-0.4, -0.2) is 162 Å². The Balaban J connectivity index is 4.12. The van der Waals surface area contributed by atoms with Crippen LogP contribution in [0.4, 0.5) is 24.0 Å². The smallest absolute Gasteiger partial charge is 0.411 e. The Kier molecular flexibility index (Phi) is 36.6. The van der Waals surface area contributed by atoms with E-state index in [4.69, 9.17) is 23.4 Å². The summed E-state index contributed by atoms with van der Waals surface area (Å²) in [5.41, 5.74) is -0.0925. The number of carbonyl (C=O) groups excluding carboxylic acids is 10. The highest BCUT2D eigenvalue weighted by molar-refractivity contribution is 6.80. The fraction of sp³-hybridized carbons (Fsp3) is 0.720. The van der Waals surface area contributed by atoms with Gasteiger partial charge in [-0.25, -0.2) is 33.6 Å². The summed E-state index contributed by atoms with van der Waals surface area (Å²) in [4.78, 5) is 117. The summed E-state index contributed by atoms with van der Waals surface area (Å²) < 4.78 is 46.3. The van der Waals surface area contributed by atoms with Crippen LogP contribution < -0.4 is 42.5 Å². The number of hydrogen-bond donors (Lipinski definition) is 8. The van der Waals surface area contributed by atoms with Crippen LogP contribution in [0.5, 0.6) is 0 Å². The van der Waals surface area contributed by atoms with Crippen molar-refractivity contribution >= 4 is 76.5 Å². The molecule has 29 heteroatoms. The number of hydrogen-bond acceptors (Lipinski definition) is 19. The summed E-state index contributed by atoms with van der Waals surface area (Å²) in [6.07, 6.45) is 2.88. The lowest BCUT2D eigenvalue weighted by Gasteiger charge is -2.53. The minimum absolute atomic E-state index is 0.0641. The number of alkyl carbamates (subject to hydrolysis) is 5. The third kappa shape index (κ3) is 36.4. The second-order valence-corrected chi connectivity index (χ2v) is 30.2. The van der Waals surface area contributed by atoms with Crippen molar-refractivity contribution in [2.24, 2.45) is 0 Å². The van der Waals surface area contributed by atoms with Crippen LogP contribution in [0.25, 0.3) is 0 Å². The van der Waals surface area contributed by atoms with E-state index >= 15 is 0 Å². The second kappa shape index (κ2) is 39.8. The highest BCUT2D eigenvalue weighted by Crippen LogP contribution is 2.52. The molecule has 27 nitrogen and oxygen atoms in total. The first-order valence-corrected chi connectivity index (χ1v) is 32.6. The Hall–Kier alpha value is -6.47. The number of carbonyl (C=O) groups is 10. The molecule has 0 aliphatic rings. The third-order valence-electron chi connectivity index (χ3n) is 12.5. The highest BCUT2D eigenvalue weighted by atomic mass is 28.4. The molecule has 0 spiro atoms. The lowest BCUT2D eigenvalue weighted by atomic mass is 9.93. The lowest BCUT2D eigenvalue weighted by molar-refractivity contribution is -0.148. The molecule has 0 aromatic carbocycles. The maximum atomic E-state index is 12.3. The molecule has 0 aromatic heterocycles. The maximum Gasteiger partial charge on any atom is 0.411 e. The standard InChI is InChI=1S/C50H90N8O19Si2/c1-37(2)42(62)73-35-75-47(67)56-33-55-41(61)30-71-45(65)52-24-17-14-16-23-51-44(64)70-27-19-20-28-78(9,10)50(7,8)49(5,6)77-79(11,12)29-21-26-69-25-18-13-15-22-39(59)53-32-54-40(60)31-72-46(66)57-34-58-48(68)76-36-74-43(63)38(3)4/h1,3,13-36H2,2,4-12H3,(H,51,64)(H,52,65)(H,53,59)(H,54,60)(H,55,61)(H,56,67)(H,57,66)(H,58,68). The van der Waals surface area contributed by atoms with Crippen molar-refractivity contribution in [3.05, 3.63) is 24.3 Å². The van der Waals surface area contributed by atoms with Gasteiger partial charge >= 0.3 is 42.4 Å². The van der Waals surface area contributed by atoms with Crippen molar-refractivity contribution in [3.63, 3.8) is 0 Å². The summed E-state index contributed by atoms with van der Waals surface area (Å²) in [6, 6.07) is 1.99. The van der Waals surface area contributed by atoms with Crippen molar-refractivity contribution in [2.45, 2.75) is 155 Å². The summed E-state index contributed by atoms with van der Waals surface area (Å²) in [7, 11) is -3.93. The molecule has 0 aliphatic carbocycles. The summed E-state index contributed by atoms with van der Waals surface area (Å²) in [5, 5.41) is 19.0. The highest BCUT2D eigenvalue weighted by Gasteiger charge is 2.51. The van der Waals surface area contributed by atoms with Crippen LogP contribution in [0, 0.1) is 0 Å². The van der Waals surface area contributed by atoms with Gasteiger partial charge in [0.05, 0.1) is 40.3 Å². The summed E-state index contributed by atoms with van der Waals surface area (Å²) in [6.45, 7) is 26.9. The molecule has 0 rings (SSSR count). The zero-order valence-electron chi connectivity index (χ0n) is 48.1. The van der Waals surface area contributed by atoms with E-state index in [9.17, 15) is 47.9 Å². The van der Waals surface area contributed by atoms with Crippen molar-refractivity contribution in [2.75, 3.05) is 79.7 Å². The minimum atomic E-state index is -2.07. The molecule has 0 radical (unpaired) electrons. The van der Waals surface area contributed by atoms with E-state index < -0.39 is 97.4 Å². The van der Waals surface area contributed by atoms with Gasteiger partial charge in [0.25, 0.3) is 11.8 Å². The SMILES string of the molecule is C=C(C)C(=O)OCOC(=O)NCNC(=O)COC(=O)NCCCCCNC(=O)OCCCC[Si](C)(C)C(C)(C)C(C)(C)O[Si](C)(C)CCCOCCCCCC(=O)NCNC(=O)COC(=O)NCNC(=O)OCOC(=O)C(=C)C. The molecular weight excluding hydrogens is 1070 g/mol. The molecule has 0 atom stereocenters. The van der Waals surface area contributed by atoms with Crippen LogP contribution in [-0.2, 0) is 66.3 Å². The van der Waals surface area contributed by atoms with E-state index in [1.54, 1.807) is 0 Å². The zero-order valence-corrected chi connectivity index (χ0v) is 50.1. The molecular formula is C50H90N8O19Si2. The van der Waals surface area contributed by atoms with Gasteiger partial charge in [-0.05, 0) is 96.8 Å². The average molecular weight is 1160 g/mol. The topological polar surface area (TPSA) is 350 Å². The molecule has 8 N–H and O–H groups in total. The molecule has 0 aliphatic heterocycles. The Labute approximate surface area is 466 Å². The Bertz CT molecular complexity index is 1990. The van der Waals surface area contributed by atoms with E-state index in [-0.39, 0.29) is 54.1 Å². The average Bonchev–Trinajstić information content (AvgIpc) is 3.37. The summed E-state index contributed by atoms with van der Waals surface area (Å²) >= 11 is 0. The predicted molar refractivity (Wildman–Crippen MR) is 294 cm³/mol. The van der Waals surface area contributed by atoms with E-state index in [0.29, 0.717) is 58.6 Å². The van der Waals surface area contributed by atoms with Crippen molar-refractivity contribution in [3.8, 4) is 0 Å². The van der Waals surface area contributed by atoms with Crippen LogP contribution in [0.1, 0.15) is 106 Å². The molecule has 8 amide bonds. The minimum Gasteiger partial charge on any atom is -0.450 e. The van der Waals surface area contributed by atoms with Crippen LogP contribution in [0.2, 0.25) is 43.3 Å². The molecule has 0 aromatic rings. The van der Waals surface area contributed by atoms with Crippen LogP contribution >= 0.6 is 0 Å². The van der Waals surface area contributed by atoms with Gasteiger partial charge in [-0.3, -0.25) is 14.4 Å². The Morgan fingerprint density at radius 3 is 1.37 bits per heavy atom. The van der Waals surface area contributed by atoms with E-state index in [2.05, 4.69) is 129 Å². The maximum absolute atomic E-state index is 12.3. The monoisotopic (exact) mass is 1160 g/mol. The number of nitrogens with one attached hydrogen (secondary N) is 8. The molecule has 0 saturated heterocycles. The largest absolute Gasteiger partial charge is 0.450 e. The lowest BCUT2D eigenvalue weighted by Crippen LogP contribution is -2.56. The quantitative estimate of drug-likeness (QED) is 0.00948. The molecule has 0 bridgehead atoms. The first-order chi connectivity index (χ1) is 37.0. The van der Waals surface area contributed by atoms with E-state index in [1.807, 2.05) is 0 Å².